The van der Waals surface area contributed by atoms with Crippen LogP contribution < -0.4 is 0 Å². The Hall–Kier alpha value is -1.26. The standard InChI is InChI=1S/C12H19NO4/c1-11(2,3)17-10(16)13-7-12(5-4-6-12)8(13)9(14)15/h8H,4-7H2,1-3H3,(H,14,15)/t8-/m0/s1. The highest BCUT2D eigenvalue weighted by Crippen LogP contribution is 2.53. The Morgan fingerprint density at radius 1 is 1.35 bits per heavy atom. The highest BCUT2D eigenvalue weighted by atomic mass is 16.6. The molecule has 5 nitrogen and oxygen atoms in total. The molecular weight excluding hydrogens is 222 g/mol. The monoisotopic (exact) mass is 241 g/mol. The lowest BCUT2D eigenvalue weighted by molar-refractivity contribution is -0.174. The molecule has 0 aromatic heterocycles. The summed E-state index contributed by atoms with van der Waals surface area (Å²) in [5.41, 5.74) is -0.745. The molecule has 1 aliphatic heterocycles. The summed E-state index contributed by atoms with van der Waals surface area (Å²) in [5, 5.41) is 9.20. The number of carbonyl (C=O) groups is 2. The van der Waals surface area contributed by atoms with Gasteiger partial charge in [0.1, 0.15) is 11.6 Å². The molecule has 1 N–H and O–H groups in total. The number of hydrogen-bond donors (Lipinski definition) is 1. The van der Waals surface area contributed by atoms with Crippen molar-refractivity contribution in [3.05, 3.63) is 0 Å². The number of hydrogen-bond acceptors (Lipinski definition) is 3. The Balaban J connectivity index is 2.03. The molecule has 0 aromatic carbocycles. The number of carbonyl (C=O) groups excluding carboxylic acids is 1. The minimum Gasteiger partial charge on any atom is -0.480 e. The number of aliphatic carboxylic acids is 1. The lowest BCUT2D eigenvalue weighted by Crippen LogP contribution is -2.72. The number of nitrogens with zero attached hydrogens (tertiary/aromatic N) is 1. The zero-order valence-electron chi connectivity index (χ0n) is 10.5. The largest absolute Gasteiger partial charge is 0.480 e. The van der Waals surface area contributed by atoms with Gasteiger partial charge in [-0.1, -0.05) is 6.42 Å². The summed E-state index contributed by atoms with van der Waals surface area (Å²) in [4.78, 5) is 24.4. The zero-order chi connectivity index (χ0) is 12.8. The van der Waals surface area contributed by atoms with Crippen molar-refractivity contribution in [2.75, 3.05) is 6.54 Å². The first-order chi connectivity index (χ1) is 7.75. The third kappa shape index (κ3) is 1.98. The normalized spacial score (nSPS) is 26.1. The second kappa shape index (κ2) is 3.62. The summed E-state index contributed by atoms with van der Waals surface area (Å²) in [6.07, 6.45) is 2.36. The molecule has 5 heteroatoms. The highest BCUT2D eigenvalue weighted by Gasteiger charge is 2.61. The predicted octanol–water partition coefficient (Wildman–Crippen LogP) is 1.86. The molecule has 1 saturated heterocycles. The Kier molecular flexibility index (Phi) is 2.60. The molecule has 2 fully saturated rings. The topological polar surface area (TPSA) is 66.8 Å². The number of carboxylic acid groups (broad SMARTS) is 1. The number of amides is 1. The SMILES string of the molecule is CC(C)(C)OC(=O)N1CC2(CCC2)[C@@H]1C(=O)O. The number of carboxylic acids is 1. The maximum atomic E-state index is 11.8. The molecule has 2 rings (SSSR count). The van der Waals surface area contributed by atoms with Gasteiger partial charge in [0.2, 0.25) is 0 Å². The number of likely N-dealkylation sites (tertiary alicyclic amines) is 1. The first-order valence-electron chi connectivity index (χ1n) is 5.98. The van der Waals surface area contributed by atoms with E-state index < -0.39 is 23.7 Å². The van der Waals surface area contributed by atoms with Gasteiger partial charge in [-0.15, -0.1) is 0 Å². The van der Waals surface area contributed by atoms with Gasteiger partial charge in [-0.25, -0.2) is 9.59 Å². The molecule has 0 unspecified atom stereocenters. The van der Waals surface area contributed by atoms with Crippen LogP contribution in [0.4, 0.5) is 4.79 Å². The van der Waals surface area contributed by atoms with Crippen LogP contribution >= 0.6 is 0 Å². The maximum absolute atomic E-state index is 11.8. The molecule has 0 radical (unpaired) electrons. The summed E-state index contributed by atoms with van der Waals surface area (Å²) < 4.78 is 5.21. The quantitative estimate of drug-likeness (QED) is 0.761. The lowest BCUT2D eigenvalue weighted by Gasteiger charge is -2.59. The maximum Gasteiger partial charge on any atom is 0.411 e. The van der Waals surface area contributed by atoms with Crippen molar-refractivity contribution >= 4 is 12.1 Å². The minimum absolute atomic E-state index is 0.164. The van der Waals surface area contributed by atoms with Gasteiger partial charge in [-0.2, -0.15) is 0 Å². The van der Waals surface area contributed by atoms with Gasteiger partial charge in [0.25, 0.3) is 0 Å². The van der Waals surface area contributed by atoms with Crippen molar-refractivity contribution in [1.82, 2.24) is 4.90 Å². The third-order valence-electron chi connectivity index (χ3n) is 3.59. The summed E-state index contributed by atoms with van der Waals surface area (Å²) >= 11 is 0. The average molecular weight is 241 g/mol. The average Bonchev–Trinajstić information content (AvgIpc) is 1.92. The van der Waals surface area contributed by atoms with Gasteiger partial charge < -0.3 is 9.84 Å². The van der Waals surface area contributed by atoms with Crippen LogP contribution in [0.1, 0.15) is 40.0 Å². The van der Waals surface area contributed by atoms with Crippen molar-refractivity contribution in [3.8, 4) is 0 Å². The van der Waals surface area contributed by atoms with Crippen molar-refractivity contribution in [2.24, 2.45) is 5.41 Å². The van der Waals surface area contributed by atoms with Crippen molar-refractivity contribution in [2.45, 2.75) is 51.7 Å². The van der Waals surface area contributed by atoms with E-state index in [9.17, 15) is 14.7 Å². The summed E-state index contributed by atoms with van der Waals surface area (Å²) in [6, 6.07) is -0.689. The van der Waals surface area contributed by atoms with Crippen molar-refractivity contribution in [1.29, 1.82) is 0 Å². The minimum atomic E-state index is -0.915. The summed E-state index contributed by atoms with van der Waals surface area (Å²) in [7, 11) is 0. The number of rotatable bonds is 1. The predicted molar refractivity (Wildman–Crippen MR) is 60.6 cm³/mol. The van der Waals surface area contributed by atoms with E-state index in [1.165, 1.54) is 4.90 Å². The molecule has 1 amide bonds. The van der Waals surface area contributed by atoms with Crippen LogP contribution in [0.5, 0.6) is 0 Å². The van der Waals surface area contributed by atoms with E-state index in [-0.39, 0.29) is 5.41 Å². The second-order valence-electron chi connectivity index (χ2n) is 6.06. The summed E-state index contributed by atoms with van der Waals surface area (Å²) in [5.74, 6) is -0.915. The first-order valence-corrected chi connectivity index (χ1v) is 5.98. The number of ether oxygens (including phenoxy) is 1. The third-order valence-corrected chi connectivity index (χ3v) is 3.59. The Morgan fingerprint density at radius 3 is 2.29 bits per heavy atom. The molecule has 1 spiro atoms. The van der Waals surface area contributed by atoms with E-state index in [1.54, 1.807) is 20.8 Å². The summed E-state index contributed by atoms with van der Waals surface area (Å²) in [6.45, 7) is 5.86. The molecule has 1 heterocycles. The van der Waals surface area contributed by atoms with Crippen LogP contribution in [0, 0.1) is 5.41 Å². The van der Waals surface area contributed by atoms with E-state index in [2.05, 4.69) is 0 Å². The van der Waals surface area contributed by atoms with Gasteiger partial charge >= 0.3 is 12.1 Å². The molecule has 1 saturated carbocycles. The molecule has 1 aliphatic carbocycles. The second-order valence-corrected chi connectivity index (χ2v) is 6.06. The Bertz CT molecular complexity index is 354. The van der Waals surface area contributed by atoms with Crippen LogP contribution in [-0.4, -0.2) is 40.3 Å². The van der Waals surface area contributed by atoms with Crippen LogP contribution in [0.25, 0.3) is 0 Å². The Morgan fingerprint density at radius 2 is 1.94 bits per heavy atom. The van der Waals surface area contributed by atoms with Gasteiger partial charge in [-0.05, 0) is 33.6 Å². The van der Waals surface area contributed by atoms with E-state index in [1.807, 2.05) is 0 Å². The van der Waals surface area contributed by atoms with Gasteiger partial charge in [-0.3, -0.25) is 4.90 Å². The van der Waals surface area contributed by atoms with Crippen molar-refractivity contribution < 1.29 is 19.4 Å². The van der Waals surface area contributed by atoms with Crippen molar-refractivity contribution in [3.63, 3.8) is 0 Å². The fraction of sp³-hybridized carbons (Fsp3) is 0.833. The molecule has 1 atom stereocenters. The first kappa shape index (κ1) is 12.2. The van der Waals surface area contributed by atoms with Crippen LogP contribution in [-0.2, 0) is 9.53 Å². The smallest absolute Gasteiger partial charge is 0.411 e. The van der Waals surface area contributed by atoms with Gasteiger partial charge in [0, 0.05) is 12.0 Å². The molecule has 2 aliphatic rings. The fourth-order valence-electron chi connectivity index (χ4n) is 2.68. The van der Waals surface area contributed by atoms with E-state index >= 15 is 0 Å². The molecule has 0 bridgehead atoms. The lowest BCUT2D eigenvalue weighted by atomic mass is 9.58. The van der Waals surface area contributed by atoms with Gasteiger partial charge in [0.15, 0.2) is 0 Å². The highest BCUT2D eigenvalue weighted by molar-refractivity contribution is 5.83. The van der Waals surface area contributed by atoms with E-state index in [4.69, 9.17) is 4.74 Å². The van der Waals surface area contributed by atoms with Crippen LogP contribution in [0.3, 0.4) is 0 Å². The zero-order valence-corrected chi connectivity index (χ0v) is 10.5. The van der Waals surface area contributed by atoms with Crippen LogP contribution in [0.15, 0.2) is 0 Å². The molecular formula is C12H19NO4. The molecule has 17 heavy (non-hydrogen) atoms. The Labute approximate surface area is 101 Å². The van der Waals surface area contributed by atoms with E-state index in [0.29, 0.717) is 6.54 Å². The molecule has 96 valence electrons. The van der Waals surface area contributed by atoms with E-state index in [0.717, 1.165) is 19.3 Å². The molecule has 0 aromatic rings. The van der Waals surface area contributed by atoms with Crippen LogP contribution in [0.2, 0.25) is 0 Å². The fourth-order valence-corrected chi connectivity index (χ4v) is 2.68. The van der Waals surface area contributed by atoms with Gasteiger partial charge in [0.05, 0.1) is 0 Å².